The third-order valence-corrected chi connectivity index (χ3v) is 2.65. The number of allylic oxidation sites excluding steroid dienone is 1. The monoisotopic (exact) mass is 241 g/mol. The first-order valence-corrected chi connectivity index (χ1v) is 6.80. The largest absolute Gasteiger partial charge is 0.273 e. The number of rotatable bonds is 11. The van der Waals surface area contributed by atoms with Crippen LogP contribution in [0.25, 0.3) is 0 Å². The van der Waals surface area contributed by atoms with Gasteiger partial charge in [0.05, 0.1) is 6.61 Å². The summed E-state index contributed by atoms with van der Waals surface area (Å²) in [6.45, 7) is 8.72. The van der Waals surface area contributed by atoms with Crippen LogP contribution in [0.15, 0.2) is 12.7 Å². The van der Waals surface area contributed by atoms with E-state index in [2.05, 4.69) is 6.58 Å². The zero-order valence-electron chi connectivity index (χ0n) is 11.4. The van der Waals surface area contributed by atoms with E-state index in [0.29, 0.717) is 19.6 Å². The molecule has 1 amide bonds. The summed E-state index contributed by atoms with van der Waals surface area (Å²) >= 11 is 0. The van der Waals surface area contributed by atoms with Gasteiger partial charge in [-0.25, -0.2) is 5.06 Å². The van der Waals surface area contributed by atoms with Gasteiger partial charge in [-0.2, -0.15) is 0 Å². The molecular weight excluding hydrogens is 214 g/mol. The molecule has 0 radical (unpaired) electrons. The fraction of sp³-hybridized carbons (Fsp3) is 0.786. The van der Waals surface area contributed by atoms with Gasteiger partial charge < -0.3 is 0 Å². The number of unbranched alkanes of at least 4 members (excludes halogenated alkanes) is 5. The molecule has 0 aliphatic rings. The Balaban J connectivity index is 3.46. The second-order valence-corrected chi connectivity index (χ2v) is 4.10. The minimum Gasteiger partial charge on any atom is -0.273 e. The van der Waals surface area contributed by atoms with Gasteiger partial charge in [-0.3, -0.25) is 9.63 Å². The van der Waals surface area contributed by atoms with Crippen molar-refractivity contribution in [3.05, 3.63) is 12.7 Å². The maximum atomic E-state index is 11.7. The Morgan fingerprint density at radius 3 is 2.41 bits per heavy atom. The highest BCUT2D eigenvalue weighted by Crippen LogP contribution is 2.08. The van der Waals surface area contributed by atoms with E-state index in [9.17, 15) is 4.79 Å². The Kier molecular flexibility index (Phi) is 11.1. The fourth-order valence-corrected chi connectivity index (χ4v) is 1.72. The van der Waals surface area contributed by atoms with Crippen molar-refractivity contribution >= 4 is 5.91 Å². The first kappa shape index (κ1) is 16.2. The van der Waals surface area contributed by atoms with Crippen molar-refractivity contribution in [2.75, 3.05) is 13.2 Å². The lowest BCUT2D eigenvalue weighted by Gasteiger charge is -2.18. The molecule has 0 aliphatic carbocycles. The van der Waals surface area contributed by atoms with Crippen molar-refractivity contribution in [3.63, 3.8) is 0 Å². The Hall–Kier alpha value is -0.830. The topological polar surface area (TPSA) is 29.5 Å². The molecule has 0 atom stereocenters. The number of carbonyl (C=O) groups is 1. The number of hydrogen-bond donors (Lipinski definition) is 0. The van der Waals surface area contributed by atoms with E-state index in [4.69, 9.17) is 4.84 Å². The van der Waals surface area contributed by atoms with Crippen LogP contribution in [0.2, 0.25) is 0 Å². The molecule has 0 saturated carbocycles. The summed E-state index contributed by atoms with van der Waals surface area (Å²) in [6.07, 6.45) is 9.44. The number of hydroxylamine groups is 2. The molecule has 0 aromatic carbocycles. The van der Waals surface area contributed by atoms with Crippen LogP contribution in [0.3, 0.4) is 0 Å². The van der Waals surface area contributed by atoms with Crippen LogP contribution in [0.4, 0.5) is 0 Å². The van der Waals surface area contributed by atoms with Crippen LogP contribution in [-0.4, -0.2) is 24.1 Å². The van der Waals surface area contributed by atoms with Gasteiger partial charge in [0.2, 0.25) is 5.91 Å². The summed E-state index contributed by atoms with van der Waals surface area (Å²) in [6, 6.07) is 0. The minimum absolute atomic E-state index is 0.112. The average Bonchev–Trinajstić information content (AvgIpc) is 2.34. The van der Waals surface area contributed by atoms with E-state index in [0.717, 1.165) is 19.3 Å². The number of amides is 1. The van der Waals surface area contributed by atoms with Crippen LogP contribution in [0.5, 0.6) is 0 Å². The van der Waals surface area contributed by atoms with E-state index < -0.39 is 0 Å². The van der Waals surface area contributed by atoms with Crippen molar-refractivity contribution in [3.8, 4) is 0 Å². The van der Waals surface area contributed by atoms with Crippen molar-refractivity contribution < 1.29 is 9.63 Å². The number of hydrogen-bond acceptors (Lipinski definition) is 2. The van der Waals surface area contributed by atoms with Gasteiger partial charge >= 0.3 is 0 Å². The van der Waals surface area contributed by atoms with Crippen molar-refractivity contribution in [2.45, 2.75) is 58.8 Å². The Morgan fingerprint density at radius 2 is 1.82 bits per heavy atom. The molecule has 3 nitrogen and oxygen atoms in total. The first-order chi connectivity index (χ1) is 8.26. The molecule has 0 fully saturated rings. The molecule has 0 aromatic heterocycles. The van der Waals surface area contributed by atoms with Crippen LogP contribution in [0.1, 0.15) is 58.8 Å². The van der Waals surface area contributed by atoms with Crippen LogP contribution in [-0.2, 0) is 9.63 Å². The van der Waals surface area contributed by atoms with Crippen LogP contribution < -0.4 is 0 Å². The Bertz CT molecular complexity index is 204. The smallest absolute Gasteiger partial charge is 0.246 e. The van der Waals surface area contributed by atoms with E-state index >= 15 is 0 Å². The van der Waals surface area contributed by atoms with Gasteiger partial charge in [0.15, 0.2) is 0 Å². The van der Waals surface area contributed by atoms with Crippen LogP contribution >= 0.6 is 0 Å². The predicted molar refractivity (Wildman–Crippen MR) is 71.5 cm³/mol. The quantitative estimate of drug-likeness (QED) is 0.313. The van der Waals surface area contributed by atoms with Gasteiger partial charge in [-0.1, -0.05) is 25.3 Å². The van der Waals surface area contributed by atoms with Gasteiger partial charge in [-0.05, 0) is 33.1 Å². The lowest BCUT2D eigenvalue weighted by molar-refractivity contribution is -0.183. The molecular formula is C14H27NO2. The highest BCUT2D eigenvalue weighted by atomic mass is 16.7. The second kappa shape index (κ2) is 11.6. The summed E-state index contributed by atoms with van der Waals surface area (Å²) in [4.78, 5) is 16.9. The highest BCUT2D eigenvalue weighted by Gasteiger charge is 2.10. The third-order valence-electron chi connectivity index (χ3n) is 2.65. The lowest BCUT2D eigenvalue weighted by atomic mass is 10.1. The van der Waals surface area contributed by atoms with E-state index in [-0.39, 0.29) is 5.91 Å². The fourth-order valence-electron chi connectivity index (χ4n) is 1.72. The van der Waals surface area contributed by atoms with Gasteiger partial charge in [0.1, 0.15) is 0 Å². The summed E-state index contributed by atoms with van der Waals surface area (Å²) in [5.41, 5.74) is 0. The molecule has 3 heteroatoms. The zero-order chi connectivity index (χ0) is 12.9. The Morgan fingerprint density at radius 1 is 1.18 bits per heavy atom. The van der Waals surface area contributed by atoms with Crippen molar-refractivity contribution in [1.82, 2.24) is 5.06 Å². The minimum atomic E-state index is 0.112. The van der Waals surface area contributed by atoms with Crippen molar-refractivity contribution in [1.29, 1.82) is 0 Å². The number of carbonyl (C=O) groups excluding carboxylic acids is 1. The molecule has 0 spiro atoms. The summed E-state index contributed by atoms with van der Waals surface area (Å²) in [5.74, 6) is 0.112. The highest BCUT2D eigenvalue weighted by molar-refractivity contribution is 5.74. The molecule has 0 heterocycles. The van der Waals surface area contributed by atoms with Crippen molar-refractivity contribution in [2.24, 2.45) is 0 Å². The molecule has 0 aromatic rings. The van der Waals surface area contributed by atoms with E-state index in [1.165, 1.54) is 24.3 Å². The molecule has 0 rings (SSSR count). The molecule has 17 heavy (non-hydrogen) atoms. The normalized spacial score (nSPS) is 10.2. The van der Waals surface area contributed by atoms with Gasteiger partial charge in [-0.15, -0.1) is 6.58 Å². The molecule has 0 N–H and O–H groups in total. The Labute approximate surface area is 106 Å². The third kappa shape index (κ3) is 8.93. The molecule has 0 bridgehead atoms. The van der Waals surface area contributed by atoms with Gasteiger partial charge in [0.25, 0.3) is 0 Å². The average molecular weight is 241 g/mol. The zero-order valence-corrected chi connectivity index (χ0v) is 11.4. The maximum absolute atomic E-state index is 11.7. The van der Waals surface area contributed by atoms with Crippen LogP contribution in [0, 0.1) is 0 Å². The molecule has 0 aliphatic heterocycles. The molecule has 0 saturated heterocycles. The van der Waals surface area contributed by atoms with E-state index in [1.807, 2.05) is 19.9 Å². The first-order valence-electron chi connectivity index (χ1n) is 6.80. The molecule has 0 unspecified atom stereocenters. The second-order valence-electron chi connectivity index (χ2n) is 4.10. The SMILES string of the molecule is C=CCCCCCCCC(=O)N(CC)OCC. The predicted octanol–water partition coefficient (Wildman–Crippen LogP) is 3.70. The summed E-state index contributed by atoms with van der Waals surface area (Å²) < 4.78 is 0. The van der Waals surface area contributed by atoms with Gasteiger partial charge in [0, 0.05) is 13.0 Å². The maximum Gasteiger partial charge on any atom is 0.246 e. The van der Waals surface area contributed by atoms with E-state index in [1.54, 1.807) is 0 Å². The lowest BCUT2D eigenvalue weighted by Crippen LogP contribution is -2.30. The molecule has 100 valence electrons. The number of nitrogens with zero attached hydrogens (tertiary/aromatic N) is 1. The summed E-state index contributed by atoms with van der Waals surface area (Å²) in [7, 11) is 0. The standard InChI is InChI=1S/C14H27NO2/c1-4-7-8-9-10-11-12-13-14(16)15(5-2)17-6-3/h4H,1,5-13H2,2-3H3. The summed E-state index contributed by atoms with van der Waals surface area (Å²) in [5, 5.41) is 1.47.